The minimum absolute atomic E-state index is 0.269. The Morgan fingerprint density at radius 1 is 1.05 bits per heavy atom. The highest BCUT2D eigenvalue weighted by atomic mass is 79.9. The molecule has 0 saturated carbocycles. The molecule has 2 nitrogen and oxygen atoms in total. The van der Waals surface area contributed by atoms with Gasteiger partial charge in [-0.25, -0.2) is 0 Å². The molecular weight excluding hydrogens is 302 g/mol. The zero-order chi connectivity index (χ0) is 13.7. The third kappa shape index (κ3) is 4.00. The fourth-order valence-electron chi connectivity index (χ4n) is 1.90. The van der Waals surface area contributed by atoms with Crippen LogP contribution in [0.2, 0.25) is 0 Å². The summed E-state index contributed by atoms with van der Waals surface area (Å²) < 4.78 is 6.53. The first-order valence-electron chi connectivity index (χ1n) is 6.44. The number of halogens is 1. The molecular formula is C16H18BrNO. The number of hydrogen-bond acceptors (Lipinski definition) is 2. The summed E-state index contributed by atoms with van der Waals surface area (Å²) in [5.74, 6) is 0.907. The highest BCUT2D eigenvalue weighted by Gasteiger charge is 2.05. The monoisotopic (exact) mass is 319 g/mol. The van der Waals surface area contributed by atoms with Gasteiger partial charge in [-0.2, -0.15) is 0 Å². The normalized spacial score (nSPS) is 11.9. The van der Waals surface area contributed by atoms with E-state index in [1.165, 1.54) is 5.56 Å². The van der Waals surface area contributed by atoms with E-state index >= 15 is 0 Å². The van der Waals surface area contributed by atoms with Crippen molar-refractivity contribution in [1.82, 2.24) is 0 Å². The number of rotatable bonds is 5. The van der Waals surface area contributed by atoms with Crippen molar-refractivity contribution in [1.29, 1.82) is 0 Å². The van der Waals surface area contributed by atoms with Crippen molar-refractivity contribution in [3.8, 4) is 5.75 Å². The number of hydrogen-bond donors (Lipinski definition) is 1. The van der Waals surface area contributed by atoms with E-state index in [-0.39, 0.29) is 6.04 Å². The summed E-state index contributed by atoms with van der Waals surface area (Å²) in [4.78, 5) is 0. The Balaban J connectivity index is 2.01. The van der Waals surface area contributed by atoms with E-state index in [0.29, 0.717) is 6.61 Å². The van der Waals surface area contributed by atoms with Crippen LogP contribution in [0.25, 0.3) is 0 Å². The molecule has 3 heteroatoms. The summed E-state index contributed by atoms with van der Waals surface area (Å²) in [6, 6.07) is 16.7. The van der Waals surface area contributed by atoms with Gasteiger partial charge in [0, 0.05) is 16.2 Å². The van der Waals surface area contributed by atoms with Crippen LogP contribution < -0.4 is 10.1 Å². The van der Waals surface area contributed by atoms with Crippen LogP contribution in [0.5, 0.6) is 5.75 Å². The number of nitrogens with one attached hydrogen (secondary N) is 1. The van der Waals surface area contributed by atoms with E-state index in [9.17, 15) is 0 Å². The van der Waals surface area contributed by atoms with Crippen LogP contribution in [0, 0.1) is 0 Å². The molecule has 0 aliphatic heterocycles. The molecule has 0 aliphatic rings. The summed E-state index contributed by atoms with van der Waals surface area (Å²) in [7, 11) is 0. The van der Waals surface area contributed by atoms with Crippen LogP contribution in [0.15, 0.2) is 53.0 Å². The lowest BCUT2D eigenvalue weighted by molar-refractivity contribution is 0.340. The van der Waals surface area contributed by atoms with Gasteiger partial charge in [-0.15, -0.1) is 0 Å². The molecule has 2 rings (SSSR count). The lowest BCUT2D eigenvalue weighted by Crippen LogP contribution is -2.06. The van der Waals surface area contributed by atoms with Crippen LogP contribution in [0.1, 0.15) is 25.5 Å². The van der Waals surface area contributed by atoms with Gasteiger partial charge in [-0.3, -0.25) is 0 Å². The highest BCUT2D eigenvalue weighted by Crippen LogP contribution is 2.22. The number of anilines is 1. The van der Waals surface area contributed by atoms with E-state index < -0.39 is 0 Å². The van der Waals surface area contributed by atoms with Gasteiger partial charge < -0.3 is 10.1 Å². The van der Waals surface area contributed by atoms with E-state index in [2.05, 4.69) is 52.4 Å². The zero-order valence-corrected chi connectivity index (χ0v) is 12.8. The molecule has 0 bridgehead atoms. The SMILES string of the molecule is CCOc1ccc(NC(C)c2ccc(Br)cc2)cc1. The molecule has 100 valence electrons. The Morgan fingerprint density at radius 3 is 2.26 bits per heavy atom. The van der Waals surface area contributed by atoms with E-state index in [1.807, 2.05) is 31.2 Å². The third-order valence-electron chi connectivity index (χ3n) is 2.92. The van der Waals surface area contributed by atoms with Crippen LogP contribution in [0.3, 0.4) is 0 Å². The third-order valence-corrected chi connectivity index (χ3v) is 3.45. The summed E-state index contributed by atoms with van der Waals surface area (Å²) in [6.07, 6.45) is 0. The second-order valence-electron chi connectivity index (χ2n) is 4.37. The average molecular weight is 320 g/mol. The first-order valence-corrected chi connectivity index (χ1v) is 7.23. The summed E-state index contributed by atoms with van der Waals surface area (Å²) >= 11 is 3.45. The lowest BCUT2D eigenvalue weighted by Gasteiger charge is -2.16. The van der Waals surface area contributed by atoms with Gasteiger partial charge in [0.05, 0.1) is 6.61 Å². The maximum absolute atomic E-state index is 5.43. The highest BCUT2D eigenvalue weighted by molar-refractivity contribution is 9.10. The van der Waals surface area contributed by atoms with Crippen molar-refractivity contribution in [2.24, 2.45) is 0 Å². The molecule has 0 aromatic heterocycles. The summed E-state index contributed by atoms with van der Waals surface area (Å²) in [6.45, 7) is 4.84. The Bertz CT molecular complexity index is 507. The van der Waals surface area contributed by atoms with Crippen LogP contribution in [0.4, 0.5) is 5.69 Å². The van der Waals surface area contributed by atoms with Gasteiger partial charge in [0.2, 0.25) is 0 Å². The molecule has 0 radical (unpaired) electrons. The first-order chi connectivity index (χ1) is 9.19. The van der Waals surface area contributed by atoms with Crippen molar-refractivity contribution >= 4 is 21.6 Å². The van der Waals surface area contributed by atoms with E-state index in [4.69, 9.17) is 4.74 Å². The predicted molar refractivity (Wildman–Crippen MR) is 83.8 cm³/mol. The van der Waals surface area contributed by atoms with Crippen molar-refractivity contribution < 1.29 is 4.74 Å². The van der Waals surface area contributed by atoms with Crippen LogP contribution >= 0.6 is 15.9 Å². The van der Waals surface area contributed by atoms with Gasteiger partial charge in [0.1, 0.15) is 5.75 Å². The van der Waals surface area contributed by atoms with Crippen LogP contribution in [-0.2, 0) is 0 Å². The largest absolute Gasteiger partial charge is 0.494 e. The molecule has 1 unspecified atom stereocenters. The topological polar surface area (TPSA) is 21.3 Å². The summed E-state index contributed by atoms with van der Waals surface area (Å²) in [5, 5.41) is 3.48. The fraction of sp³-hybridized carbons (Fsp3) is 0.250. The quantitative estimate of drug-likeness (QED) is 0.835. The van der Waals surface area contributed by atoms with Crippen molar-refractivity contribution in [3.63, 3.8) is 0 Å². The Kier molecular flexibility index (Phi) is 4.86. The molecule has 2 aromatic carbocycles. The molecule has 1 atom stereocenters. The van der Waals surface area contributed by atoms with E-state index in [1.54, 1.807) is 0 Å². The van der Waals surface area contributed by atoms with Gasteiger partial charge >= 0.3 is 0 Å². The average Bonchev–Trinajstić information content (AvgIpc) is 2.42. The van der Waals surface area contributed by atoms with Gasteiger partial charge in [-0.05, 0) is 55.8 Å². The number of benzene rings is 2. The summed E-state index contributed by atoms with van der Waals surface area (Å²) in [5.41, 5.74) is 2.36. The first kappa shape index (κ1) is 13.9. The van der Waals surface area contributed by atoms with Crippen molar-refractivity contribution in [2.45, 2.75) is 19.9 Å². The lowest BCUT2D eigenvalue weighted by atomic mass is 10.1. The second-order valence-corrected chi connectivity index (χ2v) is 5.29. The molecule has 0 amide bonds. The fourth-order valence-corrected chi connectivity index (χ4v) is 2.16. The Labute approximate surface area is 122 Å². The predicted octanol–water partition coefficient (Wildman–Crippen LogP) is 5.02. The molecule has 1 N–H and O–H groups in total. The second kappa shape index (κ2) is 6.62. The standard InChI is InChI=1S/C16H18BrNO/c1-3-19-16-10-8-15(9-11-16)18-12(2)13-4-6-14(17)7-5-13/h4-12,18H,3H2,1-2H3. The number of ether oxygens (including phenoxy) is 1. The molecule has 0 aliphatic carbocycles. The van der Waals surface area contributed by atoms with Gasteiger partial charge in [0.25, 0.3) is 0 Å². The Hall–Kier alpha value is -1.48. The maximum atomic E-state index is 5.43. The molecule has 0 fully saturated rings. The van der Waals surface area contributed by atoms with E-state index in [0.717, 1.165) is 15.9 Å². The smallest absolute Gasteiger partial charge is 0.119 e. The Morgan fingerprint density at radius 2 is 1.68 bits per heavy atom. The molecule has 0 spiro atoms. The van der Waals surface area contributed by atoms with Crippen molar-refractivity contribution in [3.05, 3.63) is 58.6 Å². The molecule has 0 heterocycles. The minimum atomic E-state index is 0.269. The van der Waals surface area contributed by atoms with Crippen molar-refractivity contribution in [2.75, 3.05) is 11.9 Å². The molecule has 19 heavy (non-hydrogen) atoms. The zero-order valence-electron chi connectivity index (χ0n) is 11.2. The maximum Gasteiger partial charge on any atom is 0.119 e. The molecule has 0 saturated heterocycles. The minimum Gasteiger partial charge on any atom is -0.494 e. The van der Waals surface area contributed by atoms with Gasteiger partial charge in [0.15, 0.2) is 0 Å². The van der Waals surface area contributed by atoms with Gasteiger partial charge in [-0.1, -0.05) is 28.1 Å². The molecule has 2 aromatic rings. The van der Waals surface area contributed by atoms with Crippen LogP contribution in [-0.4, -0.2) is 6.61 Å².